The smallest absolute Gasteiger partial charge is 0.00719 e. The Labute approximate surface area is 114 Å². The zero-order valence-electron chi connectivity index (χ0n) is 10.0. The van der Waals surface area contributed by atoms with Gasteiger partial charge in [0.1, 0.15) is 0 Å². The summed E-state index contributed by atoms with van der Waals surface area (Å²) >= 11 is 3.64. The maximum atomic E-state index is 3.64. The molecule has 0 radical (unpaired) electrons. The van der Waals surface area contributed by atoms with Gasteiger partial charge in [-0.05, 0) is 44.2 Å². The molecule has 1 heterocycles. The fourth-order valence-electron chi connectivity index (χ4n) is 2.36. The molecule has 0 spiro atoms. The molecule has 0 aliphatic carbocycles. The van der Waals surface area contributed by atoms with E-state index in [4.69, 9.17) is 0 Å². The zero-order chi connectivity index (χ0) is 10.4. The van der Waals surface area contributed by atoms with E-state index < -0.39 is 0 Å². The van der Waals surface area contributed by atoms with Crippen molar-refractivity contribution < 1.29 is 0 Å². The first-order chi connectivity index (χ1) is 6.72. The predicted molar refractivity (Wildman–Crippen MR) is 77.4 cm³/mol. The number of halogens is 2. The average molecular weight is 343 g/mol. The van der Waals surface area contributed by atoms with Gasteiger partial charge in [0.25, 0.3) is 0 Å². The van der Waals surface area contributed by atoms with Crippen molar-refractivity contribution in [2.75, 3.05) is 25.0 Å². The molecule has 1 rings (SSSR count). The molecule has 15 heavy (non-hydrogen) atoms. The lowest BCUT2D eigenvalue weighted by Crippen LogP contribution is -2.35. The first-order valence-electron chi connectivity index (χ1n) is 6.00. The summed E-state index contributed by atoms with van der Waals surface area (Å²) in [5.74, 6) is 1.69. The molecule has 0 N–H and O–H groups in total. The molecule has 3 heteroatoms. The molecule has 1 nitrogen and oxygen atoms in total. The lowest BCUT2D eigenvalue weighted by atomic mass is 9.97. The molecule has 1 saturated heterocycles. The Morgan fingerprint density at radius 2 is 1.73 bits per heavy atom. The van der Waals surface area contributed by atoms with Gasteiger partial charge in [0.15, 0.2) is 0 Å². The van der Waals surface area contributed by atoms with E-state index in [1.807, 2.05) is 0 Å². The highest BCUT2D eigenvalue weighted by molar-refractivity contribution is 9.09. The van der Waals surface area contributed by atoms with E-state index in [1.165, 1.54) is 50.6 Å². The molecule has 1 aliphatic heterocycles. The normalized spacial score (nSPS) is 20.0. The van der Waals surface area contributed by atoms with Crippen LogP contribution >= 0.6 is 32.9 Å². The summed E-state index contributed by atoms with van der Waals surface area (Å²) in [5.41, 5.74) is 0. The Bertz CT molecular complexity index is 145. The second kappa shape index (κ2) is 9.00. The number of alkyl halides is 1. The third-order valence-electron chi connectivity index (χ3n) is 2.99. The molecule has 0 amide bonds. The first kappa shape index (κ1) is 15.9. The van der Waals surface area contributed by atoms with Crippen LogP contribution in [0.2, 0.25) is 0 Å². The van der Waals surface area contributed by atoms with Crippen LogP contribution in [0.15, 0.2) is 0 Å². The van der Waals surface area contributed by atoms with E-state index in [0.717, 1.165) is 11.8 Å². The molecule has 0 aromatic rings. The molecule has 0 aromatic heterocycles. The molecular formula is C12H25Br2N. The highest BCUT2D eigenvalue weighted by Crippen LogP contribution is 2.18. The van der Waals surface area contributed by atoms with Gasteiger partial charge < -0.3 is 4.90 Å². The van der Waals surface area contributed by atoms with E-state index >= 15 is 0 Å². The number of likely N-dealkylation sites (tertiary alicyclic amines) is 1. The van der Waals surface area contributed by atoms with Gasteiger partial charge in [-0.2, -0.15) is 0 Å². The van der Waals surface area contributed by atoms with E-state index in [0.29, 0.717) is 0 Å². The van der Waals surface area contributed by atoms with Crippen molar-refractivity contribution in [2.24, 2.45) is 11.8 Å². The summed E-state index contributed by atoms with van der Waals surface area (Å²) in [7, 11) is 0. The molecule has 0 bridgehead atoms. The average Bonchev–Trinajstić information content (AvgIpc) is 2.17. The Balaban J connectivity index is 0.00000196. The molecule has 1 unspecified atom stereocenters. The maximum absolute atomic E-state index is 3.64. The van der Waals surface area contributed by atoms with E-state index in [1.54, 1.807) is 0 Å². The van der Waals surface area contributed by atoms with E-state index in [9.17, 15) is 0 Å². The summed E-state index contributed by atoms with van der Waals surface area (Å²) < 4.78 is 0. The number of hydrogen-bond acceptors (Lipinski definition) is 1. The van der Waals surface area contributed by atoms with Crippen LogP contribution in [0.3, 0.4) is 0 Å². The molecule has 0 aromatic carbocycles. The van der Waals surface area contributed by atoms with Crippen molar-refractivity contribution in [1.82, 2.24) is 4.90 Å². The van der Waals surface area contributed by atoms with Crippen molar-refractivity contribution in [3.05, 3.63) is 0 Å². The van der Waals surface area contributed by atoms with Crippen molar-refractivity contribution in [2.45, 2.75) is 39.5 Å². The van der Waals surface area contributed by atoms with Crippen LogP contribution < -0.4 is 0 Å². The van der Waals surface area contributed by atoms with Crippen LogP contribution in [0.25, 0.3) is 0 Å². The summed E-state index contributed by atoms with van der Waals surface area (Å²) in [6, 6.07) is 0. The number of rotatable bonds is 5. The maximum Gasteiger partial charge on any atom is 0.00719 e. The topological polar surface area (TPSA) is 3.24 Å². The third kappa shape index (κ3) is 6.96. The lowest BCUT2D eigenvalue weighted by molar-refractivity contribution is 0.193. The Hall–Kier alpha value is 0.920. The summed E-state index contributed by atoms with van der Waals surface area (Å²) in [4.78, 5) is 2.65. The van der Waals surface area contributed by atoms with Crippen LogP contribution in [-0.2, 0) is 0 Å². The van der Waals surface area contributed by atoms with Gasteiger partial charge in [-0.3, -0.25) is 0 Å². The van der Waals surface area contributed by atoms with Crippen molar-refractivity contribution >= 4 is 32.9 Å². The summed E-state index contributed by atoms with van der Waals surface area (Å²) in [6.07, 6.45) is 5.63. The SMILES string of the molecule is Br.CC(C)CC(CBr)CN1CCCCC1. The highest BCUT2D eigenvalue weighted by Gasteiger charge is 2.16. The minimum atomic E-state index is 0. The van der Waals surface area contributed by atoms with Crippen LogP contribution in [0, 0.1) is 11.8 Å². The largest absolute Gasteiger partial charge is 0.303 e. The number of hydrogen-bond donors (Lipinski definition) is 0. The van der Waals surface area contributed by atoms with Gasteiger partial charge >= 0.3 is 0 Å². The highest BCUT2D eigenvalue weighted by atomic mass is 79.9. The summed E-state index contributed by atoms with van der Waals surface area (Å²) in [5, 5.41) is 1.17. The molecule has 0 saturated carbocycles. The second-order valence-electron chi connectivity index (χ2n) is 5.01. The zero-order valence-corrected chi connectivity index (χ0v) is 13.3. The second-order valence-corrected chi connectivity index (χ2v) is 5.66. The van der Waals surface area contributed by atoms with Gasteiger partial charge in [-0.15, -0.1) is 17.0 Å². The number of piperidine rings is 1. The molecule has 1 fully saturated rings. The molecule has 1 atom stereocenters. The monoisotopic (exact) mass is 341 g/mol. The van der Waals surface area contributed by atoms with Crippen molar-refractivity contribution in [1.29, 1.82) is 0 Å². The third-order valence-corrected chi connectivity index (χ3v) is 3.90. The Morgan fingerprint density at radius 3 is 2.20 bits per heavy atom. The van der Waals surface area contributed by atoms with E-state index in [-0.39, 0.29) is 17.0 Å². The lowest BCUT2D eigenvalue weighted by Gasteiger charge is -2.30. The molecule has 92 valence electrons. The minimum Gasteiger partial charge on any atom is -0.303 e. The fraction of sp³-hybridized carbons (Fsp3) is 1.00. The number of nitrogens with zero attached hydrogens (tertiary/aromatic N) is 1. The van der Waals surface area contributed by atoms with Gasteiger partial charge in [0.2, 0.25) is 0 Å². The van der Waals surface area contributed by atoms with Gasteiger partial charge in [0.05, 0.1) is 0 Å². The van der Waals surface area contributed by atoms with Gasteiger partial charge in [0, 0.05) is 11.9 Å². The van der Waals surface area contributed by atoms with Crippen LogP contribution in [0.1, 0.15) is 39.5 Å². The van der Waals surface area contributed by atoms with Crippen molar-refractivity contribution in [3.8, 4) is 0 Å². The molecular weight excluding hydrogens is 318 g/mol. The van der Waals surface area contributed by atoms with E-state index in [2.05, 4.69) is 34.7 Å². The summed E-state index contributed by atoms with van der Waals surface area (Å²) in [6.45, 7) is 8.63. The predicted octanol–water partition coefficient (Wildman–Crippen LogP) is 4.11. The minimum absolute atomic E-state index is 0. The quantitative estimate of drug-likeness (QED) is 0.679. The standard InChI is InChI=1S/C12H24BrN.BrH/c1-11(2)8-12(9-13)10-14-6-4-3-5-7-14;/h11-12H,3-10H2,1-2H3;1H. The van der Waals surface area contributed by atoms with Crippen LogP contribution in [-0.4, -0.2) is 29.9 Å². The molecule has 1 aliphatic rings. The Morgan fingerprint density at radius 1 is 1.13 bits per heavy atom. The van der Waals surface area contributed by atoms with Crippen LogP contribution in [0.5, 0.6) is 0 Å². The Kier molecular flexibility index (Phi) is 9.55. The van der Waals surface area contributed by atoms with Crippen molar-refractivity contribution in [3.63, 3.8) is 0 Å². The fourth-order valence-corrected chi connectivity index (χ4v) is 2.83. The van der Waals surface area contributed by atoms with Gasteiger partial charge in [-0.1, -0.05) is 36.2 Å². The van der Waals surface area contributed by atoms with Gasteiger partial charge in [-0.25, -0.2) is 0 Å². The first-order valence-corrected chi connectivity index (χ1v) is 7.13. The van der Waals surface area contributed by atoms with Crippen LogP contribution in [0.4, 0.5) is 0 Å².